The van der Waals surface area contributed by atoms with Gasteiger partial charge in [-0.2, -0.15) is 0 Å². The summed E-state index contributed by atoms with van der Waals surface area (Å²) in [5.41, 5.74) is 7.86. The molecule has 0 saturated carbocycles. The second-order valence-corrected chi connectivity index (χ2v) is 8.75. The number of aromatic nitrogens is 4. The number of hydrogen-bond acceptors (Lipinski definition) is 3. The van der Waals surface area contributed by atoms with E-state index in [4.69, 9.17) is 5.11 Å². The molecule has 6 heteroatoms. The van der Waals surface area contributed by atoms with Crippen LogP contribution in [-0.2, 0) is 24.7 Å². The van der Waals surface area contributed by atoms with E-state index in [0.717, 1.165) is 48.1 Å². The normalized spacial score (nSPS) is 11.7. The molecule has 0 atom stereocenters. The third kappa shape index (κ3) is 4.87. The van der Waals surface area contributed by atoms with Crippen LogP contribution in [0.25, 0.3) is 46.4 Å². The van der Waals surface area contributed by atoms with Crippen molar-refractivity contribution in [3.8, 4) is 5.75 Å². The molecule has 32 heavy (non-hydrogen) atoms. The Morgan fingerprint density at radius 2 is 0.938 bits per heavy atom. The Balaban J connectivity index is 0.000000230. The summed E-state index contributed by atoms with van der Waals surface area (Å²) < 4.78 is 1.01. The van der Waals surface area contributed by atoms with Gasteiger partial charge in [0.2, 0.25) is 0 Å². The van der Waals surface area contributed by atoms with E-state index in [1.165, 1.54) is 24.7 Å². The second-order valence-electron chi connectivity index (χ2n) is 7.42. The van der Waals surface area contributed by atoms with E-state index in [9.17, 15) is 0 Å². The van der Waals surface area contributed by atoms with Gasteiger partial charge in [0.1, 0.15) is 0 Å². The minimum absolute atomic E-state index is 0.408. The van der Waals surface area contributed by atoms with Gasteiger partial charge >= 0.3 is 63.1 Å². The van der Waals surface area contributed by atoms with E-state index in [1.807, 2.05) is 66.8 Å². The standard InChI is InChI=1S/C20H14N4.C6H5O.Zr/c1-2-14-10-16-5-6-18(23-16)12-20-8-7-19(24-20)11-17-4-3-15(22-17)9-13(1)21-14;7-6-4-2-1-3-5-6;/h1-12,21,24H;1-4,7H;. The molecule has 2 aliphatic heterocycles. The van der Waals surface area contributed by atoms with Crippen molar-refractivity contribution in [2.45, 2.75) is 0 Å². The summed E-state index contributed by atoms with van der Waals surface area (Å²) in [6, 6.07) is 23.7. The summed E-state index contributed by atoms with van der Waals surface area (Å²) >= 11 is 1.26. The van der Waals surface area contributed by atoms with E-state index in [1.54, 1.807) is 6.07 Å². The zero-order valence-corrected chi connectivity index (χ0v) is 19.5. The van der Waals surface area contributed by atoms with Crippen LogP contribution in [0.3, 0.4) is 0 Å². The minimum atomic E-state index is 0.408. The van der Waals surface area contributed by atoms with E-state index in [0.29, 0.717) is 5.75 Å². The van der Waals surface area contributed by atoms with Crippen molar-refractivity contribution in [1.82, 2.24) is 19.9 Å². The van der Waals surface area contributed by atoms with Crippen molar-refractivity contribution in [3.05, 3.63) is 95.6 Å². The first-order chi connectivity index (χ1) is 15.6. The number of rotatable bonds is 0. The number of aromatic hydroxyl groups is 1. The van der Waals surface area contributed by atoms with Crippen molar-refractivity contribution in [1.29, 1.82) is 0 Å². The average molecular weight is 495 g/mol. The molecule has 4 aromatic rings. The Morgan fingerprint density at radius 3 is 1.25 bits per heavy atom. The van der Waals surface area contributed by atoms with Gasteiger partial charge in [-0.25, -0.2) is 9.97 Å². The summed E-state index contributed by atoms with van der Waals surface area (Å²) in [4.78, 5) is 16.0. The topological polar surface area (TPSA) is 77.6 Å². The molecule has 0 saturated heterocycles. The molecular weight excluding hydrogens is 476 g/mol. The quantitative estimate of drug-likeness (QED) is 0.271. The number of nitrogens with one attached hydrogen (secondary N) is 2. The number of para-hydroxylation sites is 1. The zero-order valence-electron chi connectivity index (χ0n) is 17.1. The average Bonchev–Trinajstić information content (AvgIpc) is 3.57. The molecule has 8 bridgehead atoms. The molecule has 3 aromatic heterocycles. The molecule has 0 spiro atoms. The van der Waals surface area contributed by atoms with Gasteiger partial charge in [-0.1, -0.05) is 0 Å². The molecule has 0 fully saturated rings. The number of benzene rings is 1. The van der Waals surface area contributed by atoms with E-state index in [2.05, 4.69) is 44.2 Å². The Kier molecular flexibility index (Phi) is 5.70. The van der Waals surface area contributed by atoms with Crippen LogP contribution in [-0.4, -0.2) is 25.0 Å². The van der Waals surface area contributed by atoms with Crippen molar-refractivity contribution in [2.24, 2.45) is 0 Å². The van der Waals surface area contributed by atoms with Crippen LogP contribution in [0.4, 0.5) is 0 Å². The number of hydrogen-bond donors (Lipinski definition) is 3. The fraction of sp³-hybridized carbons (Fsp3) is 0. The zero-order chi connectivity index (χ0) is 21.9. The predicted molar refractivity (Wildman–Crippen MR) is 127 cm³/mol. The summed E-state index contributed by atoms with van der Waals surface area (Å²) in [6.07, 6.45) is 8.09. The molecular formula is C26H19N4OZr. The SMILES string of the molecule is C1=Cc2cc3ccc(cc4nc(cc5ccc(cc1n2)[nH]5)C=C4)[nH]3.Oc1cccc[c]1[Zr]. The molecule has 0 aliphatic carbocycles. The van der Waals surface area contributed by atoms with E-state index >= 15 is 0 Å². The van der Waals surface area contributed by atoms with Gasteiger partial charge < -0.3 is 9.97 Å². The Bertz CT molecular complexity index is 1320. The van der Waals surface area contributed by atoms with Gasteiger partial charge in [0.05, 0.1) is 22.8 Å². The number of H-pyrrole nitrogens is 2. The maximum absolute atomic E-state index is 8.94. The number of fused-ring (bicyclic) bond motifs is 8. The van der Waals surface area contributed by atoms with Crippen LogP contribution < -0.4 is 3.27 Å². The van der Waals surface area contributed by atoms with Crippen molar-refractivity contribution >= 4 is 49.6 Å². The summed E-state index contributed by atoms with van der Waals surface area (Å²) in [5.74, 6) is 0.408. The van der Waals surface area contributed by atoms with Crippen molar-refractivity contribution in [2.75, 3.05) is 0 Å². The molecule has 2 aliphatic rings. The molecule has 1 aromatic carbocycles. The Hall–Kier alpha value is -3.50. The third-order valence-electron chi connectivity index (χ3n) is 4.95. The predicted octanol–water partition coefficient (Wildman–Crippen LogP) is 5.22. The van der Waals surface area contributed by atoms with Crippen LogP contribution in [0.2, 0.25) is 0 Å². The van der Waals surface area contributed by atoms with Gasteiger partial charge in [0, 0.05) is 22.1 Å². The number of aromatic amines is 2. The van der Waals surface area contributed by atoms with Crippen LogP contribution >= 0.6 is 0 Å². The first-order valence-corrected chi connectivity index (χ1v) is 11.4. The molecule has 3 N–H and O–H groups in total. The first kappa shape index (κ1) is 20.4. The van der Waals surface area contributed by atoms with Gasteiger partial charge in [-0.05, 0) is 72.8 Å². The fourth-order valence-electron chi connectivity index (χ4n) is 3.42. The van der Waals surface area contributed by atoms with Crippen molar-refractivity contribution < 1.29 is 29.8 Å². The molecule has 0 amide bonds. The van der Waals surface area contributed by atoms with E-state index in [-0.39, 0.29) is 0 Å². The van der Waals surface area contributed by atoms with Gasteiger partial charge in [0.15, 0.2) is 0 Å². The maximum atomic E-state index is 8.94. The molecule has 0 radical (unpaired) electrons. The van der Waals surface area contributed by atoms with Gasteiger partial charge in [0.25, 0.3) is 0 Å². The number of phenolic OH excluding ortho intramolecular Hbond substituents is 1. The van der Waals surface area contributed by atoms with E-state index < -0.39 is 0 Å². The number of nitrogens with zero attached hydrogens (tertiary/aromatic N) is 2. The van der Waals surface area contributed by atoms with Crippen LogP contribution in [0.1, 0.15) is 22.8 Å². The Morgan fingerprint density at radius 1 is 0.562 bits per heavy atom. The molecule has 5 nitrogen and oxygen atoms in total. The Labute approximate surface area is 200 Å². The van der Waals surface area contributed by atoms with Gasteiger partial charge in [-0.3, -0.25) is 0 Å². The summed E-state index contributed by atoms with van der Waals surface area (Å²) in [6.45, 7) is 0. The second kappa shape index (κ2) is 8.93. The fourth-order valence-corrected chi connectivity index (χ4v) is 3.86. The molecule has 6 rings (SSSR count). The monoisotopic (exact) mass is 493 g/mol. The third-order valence-corrected chi connectivity index (χ3v) is 5.99. The van der Waals surface area contributed by atoms with Crippen LogP contribution in [0, 0.1) is 0 Å². The number of phenols is 1. The molecule has 5 heterocycles. The summed E-state index contributed by atoms with van der Waals surface area (Å²) in [7, 11) is 0. The van der Waals surface area contributed by atoms with Crippen LogP contribution in [0.5, 0.6) is 5.75 Å². The van der Waals surface area contributed by atoms with Crippen LogP contribution in [0.15, 0.2) is 72.8 Å². The molecule has 0 unspecified atom stereocenters. The first-order valence-electron chi connectivity index (χ1n) is 10.1. The van der Waals surface area contributed by atoms with Gasteiger partial charge in [-0.15, -0.1) is 0 Å². The van der Waals surface area contributed by atoms with Crippen molar-refractivity contribution in [3.63, 3.8) is 0 Å². The molecule has 153 valence electrons. The summed E-state index contributed by atoms with van der Waals surface area (Å²) in [5, 5.41) is 8.94.